The van der Waals surface area contributed by atoms with Crippen LogP contribution in [-0.4, -0.2) is 30.0 Å². The summed E-state index contributed by atoms with van der Waals surface area (Å²) in [4.78, 5) is 4.42. The number of methoxy groups -OCH3 is 2. The highest BCUT2D eigenvalue weighted by Crippen LogP contribution is 2.29. The molecular formula is C18H19N3O2S. The van der Waals surface area contributed by atoms with Crippen molar-refractivity contribution in [2.24, 2.45) is 10.2 Å². The second-order valence-electron chi connectivity index (χ2n) is 5.40. The Morgan fingerprint density at radius 2 is 1.96 bits per heavy atom. The molecule has 1 aromatic carbocycles. The van der Waals surface area contributed by atoms with Gasteiger partial charge in [-0.1, -0.05) is 6.07 Å². The van der Waals surface area contributed by atoms with Gasteiger partial charge >= 0.3 is 0 Å². The highest BCUT2D eigenvalue weighted by Gasteiger charge is 2.19. The summed E-state index contributed by atoms with van der Waals surface area (Å²) >= 11 is 1.67. The molecule has 1 aromatic heterocycles. The lowest BCUT2D eigenvalue weighted by Gasteiger charge is -2.10. The third-order valence-electron chi connectivity index (χ3n) is 3.68. The molecule has 0 bridgehead atoms. The molecule has 0 fully saturated rings. The first-order valence-corrected chi connectivity index (χ1v) is 8.58. The van der Waals surface area contributed by atoms with Crippen molar-refractivity contribution >= 4 is 22.5 Å². The molecule has 5 nitrogen and oxygen atoms in total. The summed E-state index contributed by atoms with van der Waals surface area (Å²) < 4.78 is 10.7. The first kappa shape index (κ1) is 16.5. The van der Waals surface area contributed by atoms with Crippen molar-refractivity contribution in [1.29, 1.82) is 0 Å². The van der Waals surface area contributed by atoms with Gasteiger partial charge in [0.05, 0.1) is 25.6 Å². The van der Waals surface area contributed by atoms with Crippen molar-refractivity contribution in [3.05, 3.63) is 53.3 Å². The molecule has 1 aliphatic heterocycles. The first-order chi connectivity index (χ1) is 11.7. The number of aromatic nitrogens is 1. The van der Waals surface area contributed by atoms with E-state index in [1.54, 1.807) is 26.0 Å². The van der Waals surface area contributed by atoms with Crippen LogP contribution in [-0.2, 0) is 5.75 Å². The summed E-state index contributed by atoms with van der Waals surface area (Å²) in [5.74, 6) is 2.30. The van der Waals surface area contributed by atoms with E-state index >= 15 is 0 Å². The molecule has 0 saturated heterocycles. The van der Waals surface area contributed by atoms with Crippen molar-refractivity contribution in [3.63, 3.8) is 0 Å². The monoisotopic (exact) mass is 341 g/mol. The number of benzene rings is 1. The Morgan fingerprint density at radius 1 is 1.08 bits per heavy atom. The normalized spacial score (nSPS) is 13.5. The van der Waals surface area contributed by atoms with Gasteiger partial charge in [-0.3, -0.25) is 4.98 Å². The summed E-state index contributed by atoms with van der Waals surface area (Å²) in [6.45, 7) is 2.04. The van der Waals surface area contributed by atoms with E-state index < -0.39 is 0 Å². The molecule has 3 rings (SSSR count). The summed E-state index contributed by atoms with van der Waals surface area (Å²) in [5.41, 5.74) is 4.07. The average molecular weight is 341 g/mol. The third kappa shape index (κ3) is 3.76. The molecule has 24 heavy (non-hydrogen) atoms. The lowest BCUT2D eigenvalue weighted by Crippen LogP contribution is -2.04. The van der Waals surface area contributed by atoms with Crippen LogP contribution in [0.5, 0.6) is 11.5 Å². The molecule has 0 unspecified atom stereocenters. The van der Waals surface area contributed by atoms with Crippen molar-refractivity contribution in [3.8, 4) is 11.5 Å². The quantitative estimate of drug-likeness (QED) is 0.829. The van der Waals surface area contributed by atoms with Gasteiger partial charge in [0.2, 0.25) is 0 Å². The Kier molecular flexibility index (Phi) is 5.15. The number of ether oxygens (including phenoxy) is 2. The molecule has 0 N–H and O–H groups in total. The molecule has 0 spiro atoms. The van der Waals surface area contributed by atoms with Crippen LogP contribution in [0.1, 0.15) is 23.2 Å². The summed E-state index contributed by atoms with van der Waals surface area (Å²) in [5, 5.41) is 9.61. The topological polar surface area (TPSA) is 56.1 Å². The van der Waals surface area contributed by atoms with E-state index in [1.807, 2.05) is 37.4 Å². The Labute approximate surface area is 145 Å². The number of pyridine rings is 1. The standard InChI is InChI=1S/C18H19N3O2S/c1-12-4-5-13(19-10-12)11-24-18-9-16(20-21-18)15-7-6-14(22-2)8-17(15)23-3/h4-8,10H,9,11H2,1-3H3. The highest BCUT2D eigenvalue weighted by atomic mass is 32.2. The molecular weight excluding hydrogens is 322 g/mol. The van der Waals surface area contributed by atoms with Gasteiger partial charge in [-0.15, -0.1) is 16.9 Å². The van der Waals surface area contributed by atoms with Gasteiger partial charge in [-0.05, 0) is 30.7 Å². The maximum absolute atomic E-state index is 5.45. The smallest absolute Gasteiger partial charge is 0.131 e. The molecule has 124 valence electrons. The van der Waals surface area contributed by atoms with Crippen LogP contribution in [0.3, 0.4) is 0 Å². The molecule has 2 aromatic rings. The van der Waals surface area contributed by atoms with E-state index in [-0.39, 0.29) is 0 Å². The number of aryl methyl sites for hydroxylation is 1. The van der Waals surface area contributed by atoms with Crippen LogP contribution >= 0.6 is 11.8 Å². The summed E-state index contributed by atoms with van der Waals surface area (Å²) in [6.07, 6.45) is 2.59. The van der Waals surface area contributed by atoms with Crippen LogP contribution in [0, 0.1) is 6.92 Å². The highest BCUT2D eigenvalue weighted by molar-refractivity contribution is 8.13. The number of hydrogen-bond acceptors (Lipinski definition) is 6. The van der Waals surface area contributed by atoms with Gasteiger partial charge in [0, 0.05) is 30.0 Å². The van der Waals surface area contributed by atoms with E-state index in [4.69, 9.17) is 9.47 Å². The van der Waals surface area contributed by atoms with Gasteiger partial charge in [-0.25, -0.2) is 0 Å². The van der Waals surface area contributed by atoms with Crippen LogP contribution in [0.15, 0.2) is 46.7 Å². The Balaban J connectivity index is 1.63. The second kappa shape index (κ2) is 7.49. The number of nitrogens with zero attached hydrogens (tertiary/aromatic N) is 3. The van der Waals surface area contributed by atoms with Crippen molar-refractivity contribution in [1.82, 2.24) is 4.98 Å². The molecule has 0 saturated carbocycles. The van der Waals surface area contributed by atoms with E-state index in [1.165, 1.54) is 5.56 Å². The van der Waals surface area contributed by atoms with E-state index in [9.17, 15) is 0 Å². The van der Waals surface area contributed by atoms with Crippen molar-refractivity contribution < 1.29 is 9.47 Å². The number of hydrogen-bond donors (Lipinski definition) is 0. The third-order valence-corrected chi connectivity index (χ3v) is 4.68. The zero-order valence-corrected chi connectivity index (χ0v) is 14.8. The zero-order valence-electron chi connectivity index (χ0n) is 13.9. The van der Waals surface area contributed by atoms with Gasteiger partial charge in [0.25, 0.3) is 0 Å². The fourth-order valence-electron chi connectivity index (χ4n) is 2.34. The Bertz CT molecular complexity index is 785. The zero-order chi connectivity index (χ0) is 16.9. The minimum Gasteiger partial charge on any atom is -0.497 e. The van der Waals surface area contributed by atoms with Crippen LogP contribution in [0.25, 0.3) is 0 Å². The molecule has 0 radical (unpaired) electrons. The van der Waals surface area contributed by atoms with Gasteiger partial charge in [0.1, 0.15) is 16.5 Å². The maximum Gasteiger partial charge on any atom is 0.131 e. The van der Waals surface area contributed by atoms with E-state index in [0.29, 0.717) is 6.42 Å². The van der Waals surface area contributed by atoms with E-state index in [2.05, 4.69) is 21.3 Å². The molecule has 6 heteroatoms. The SMILES string of the molecule is COc1ccc(C2=NN=C(SCc3ccc(C)cn3)C2)c(OC)c1. The van der Waals surface area contributed by atoms with Gasteiger partial charge < -0.3 is 9.47 Å². The van der Waals surface area contributed by atoms with Gasteiger partial charge in [0.15, 0.2) is 0 Å². The van der Waals surface area contributed by atoms with Crippen LogP contribution in [0.2, 0.25) is 0 Å². The predicted molar refractivity (Wildman–Crippen MR) is 98.4 cm³/mol. The maximum atomic E-state index is 5.45. The largest absolute Gasteiger partial charge is 0.497 e. The van der Waals surface area contributed by atoms with Crippen molar-refractivity contribution in [2.75, 3.05) is 14.2 Å². The fraction of sp³-hybridized carbons (Fsp3) is 0.278. The Hall–Kier alpha value is -2.34. The van der Waals surface area contributed by atoms with Crippen LogP contribution in [0.4, 0.5) is 0 Å². The second-order valence-corrected chi connectivity index (χ2v) is 6.45. The molecule has 1 aliphatic rings. The number of rotatable bonds is 5. The lowest BCUT2D eigenvalue weighted by molar-refractivity contribution is 0.394. The summed E-state index contributed by atoms with van der Waals surface area (Å²) in [6, 6.07) is 9.84. The van der Waals surface area contributed by atoms with Gasteiger partial charge in [-0.2, -0.15) is 5.10 Å². The molecule has 0 amide bonds. The number of thioether (sulfide) groups is 1. The van der Waals surface area contributed by atoms with Crippen LogP contribution < -0.4 is 9.47 Å². The predicted octanol–water partition coefficient (Wildman–Crippen LogP) is 3.85. The Morgan fingerprint density at radius 3 is 2.67 bits per heavy atom. The lowest BCUT2D eigenvalue weighted by atomic mass is 10.1. The molecule has 2 heterocycles. The average Bonchev–Trinajstić information content (AvgIpc) is 3.09. The fourth-order valence-corrected chi connectivity index (χ4v) is 3.16. The molecule has 0 atom stereocenters. The summed E-state index contributed by atoms with van der Waals surface area (Å²) in [7, 11) is 3.28. The van der Waals surface area contributed by atoms with Crippen molar-refractivity contribution in [2.45, 2.75) is 19.1 Å². The minimum atomic E-state index is 0.708. The first-order valence-electron chi connectivity index (χ1n) is 7.59. The minimum absolute atomic E-state index is 0.708. The molecule has 0 aliphatic carbocycles. The van der Waals surface area contributed by atoms with E-state index in [0.717, 1.165) is 39.3 Å².